The van der Waals surface area contributed by atoms with E-state index in [1.54, 1.807) is 12.1 Å². The fraction of sp³-hybridized carbons (Fsp3) is 0.467. The van der Waals surface area contributed by atoms with E-state index in [4.69, 9.17) is 0 Å². The van der Waals surface area contributed by atoms with Gasteiger partial charge in [0.2, 0.25) is 0 Å². The van der Waals surface area contributed by atoms with Gasteiger partial charge in [-0.2, -0.15) is 0 Å². The van der Waals surface area contributed by atoms with Crippen molar-refractivity contribution in [1.82, 2.24) is 16.0 Å². The third-order valence-corrected chi connectivity index (χ3v) is 3.02. The molecule has 0 unspecified atom stereocenters. The van der Waals surface area contributed by atoms with Gasteiger partial charge in [-0.1, -0.05) is 22.0 Å². The molecule has 0 bridgehead atoms. The number of carbonyl (C=O) groups excluding carboxylic acids is 1. The van der Waals surface area contributed by atoms with Gasteiger partial charge in [0.15, 0.2) is 5.96 Å². The lowest BCUT2D eigenvalue weighted by atomic mass is 10.2. The van der Waals surface area contributed by atoms with Gasteiger partial charge in [0, 0.05) is 29.2 Å². The van der Waals surface area contributed by atoms with E-state index in [0.29, 0.717) is 24.7 Å². The number of halogens is 2. The van der Waals surface area contributed by atoms with E-state index in [9.17, 15) is 4.79 Å². The minimum atomic E-state index is -0.0895. The molecule has 0 fully saturated rings. The predicted octanol–water partition coefficient (Wildman–Crippen LogP) is 2.76. The number of nitrogens with one attached hydrogen (secondary N) is 3. The van der Waals surface area contributed by atoms with E-state index < -0.39 is 0 Å². The molecule has 1 aromatic carbocycles. The Morgan fingerprint density at radius 2 is 2.05 bits per heavy atom. The molecule has 22 heavy (non-hydrogen) atoms. The average molecular weight is 483 g/mol. The first-order valence-corrected chi connectivity index (χ1v) is 7.90. The molecule has 0 saturated carbocycles. The molecular weight excluding hydrogens is 459 g/mol. The van der Waals surface area contributed by atoms with Gasteiger partial charge in [0.25, 0.3) is 5.91 Å². The van der Waals surface area contributed by atoms with Crippen LogP contribution in [0.25, 0.3) is 0 Å². The average Bonchev–Trinajstić information content (AvgIpc) is 2.43. The molecule has 3 N–H and O–H groups in total. The molecule has 0 aliphatic carbocycles. The van der Waals surface area contributed by atoms with Gasteiger partial charge in [0.05, 0.1) is 6.54 Å². The molecule has 0 heterocycles. The van der Waals surface area contributed by atoms with E-state index in [1.807, 2.05) is 19.1 Å². The second-order valence-corrected chi connectivity index (χ2v) is 5.74. The predicted molar refractivity (Wildman–Crippen MR) is 106 cm³/mol. The third kappa shape index (κ3) is 8.57. The quantitative estimate of drug-likeness (QED) is 0.253. The zero-order valence-corrected chi connectivity index (χ0v) is 17.1. The van der Waals surface area contributed by atoms with Crippen LogP contribution in [0.3, 0.4) is 0 Å². The number of amides is 1. The summed E-state index contributed by atoms with van der Waals surface area (Å²) >= 11 is 3.35. The Bertz CT molecular complexity index is 494. The van der Waals surface area contributed by atoms with Gasteiger partial charge in [-0.05, 0) is 39.0 Å². The molecule has 1 rings (SSSR count). The van der Waals surface area contributed by atoms with Crippen LogP contribution in [0.2, 0.25) is 0 Å². The SMILES string of the molecule is CCNC(=NCCNC(=O)c1cccc(Br)c1)NC(C)C.I. The Balaban J connectivity index is 0.00000441. The van der Waals surface area contributed by atoms with Gasteiger partial charge >= 0.3 is 0 Å². The monoisotopic (exact) mass is 482 g/mol. The van der Waals surface area contributed by atoms with Crippen LogP contribution in [-0.4, -0.2) is 37.5 Å². The normalized spacial score (nSPS) is 10.9. The van der Waals surface area contributed by atoms with Crippen molar-refractivity contribution >= 4 is 51.8 Å². The van der Waals surface area contributed by atoms with E-state index in [0.717, 1.165) is 17.0 Å². The first kappa shape index (κ1) is 21.2. The van der Waals surface area contributed by atoms with Gasteiger partial charge in [-0.3, -0.25) is 9.79 Å². The smallest absolute Gasteiger partial charge is 0.251 e. The molecule has 1 aromatic rings. The maximum Gasteiger partial charge on any atom is 0.251 e. The van der Waals surface area contributed by atoms with Crippen molar-refractivity contribution in [3.8, 4) is 0 Å². The summed E-state index contributed by atoms with van der Waals surface area (Å²) in [6, 6.07) is 7.63. The second-order valence-electron chi connectivity index (χ2n) is 4.83. The van der Waals surface area contributed by atoms with Crippen LogP contribution in [0.5, 0.6) is 0 Å². The van der Waals surface area contributed by atoms with Crippen LogP contribution in [0.4, 0.5) is 0 Å². The first-order valence-electron chi connectivity index (χ1n) is 7.11. The number of guanidine groups is 1. The summed E-state index contributed by atoms with van der Waals surface area (Å²) in [6.45, 7) is 7.97. The summed E-state index contributed by atoms with van der Waals surface area (Å²) in [6.07, 6.45) is 0. The molecule has 1 amide bonds. The van der Waals surface area contributed by atoms with Gasteiger partial charge in [-0.25, -0.2) is 0 Å². The molecule has 7 heteroatoms. The lowest BCUT2D eigenvalue weighted by molar-refractivity contribution is 0.0954. The van der Waals surface area contributed by atoms with Crippen LogP contribution >= 0.6 is 39.9 Å². The summed E-state index contributed by atoms with van der Waals surface area (Å²) in [5, 5.41) is 9.24. The highest BCUT2D eigenvalue weighted by Crippen LogP contribution is 2.11. The van der Waals surface area contributed by atoms with Crippen molar-refractivity contribution < 1.29 is 4.79 Å². The number of carbonyl (C=O) groups is 1. The van der Waals surface area contributed by atoms with Crippen molar-refractivity contribution in [1.29, 1.82) is 0 Å². The minimum Gasteiger partial charge on any atom is -0.357 e. The Hall–Kier alpha value is -0.830. The zero-order chi connectivity index (χ0) is 15.7. The number of benzene rings is 1. The summed E-state index contributed by atoms with van der Waals surface area (Å²) in [5.74, 6) is 0.678. The van der Waals surface area contributed by atoms with Crippen LogP contribution in [0.15, 0.2) is 33.7 Å². The fourth-order valence-corrected chi connectivity index (χ4v) is 2.06. The lowest BCUT2D eigenvalue weighted by Crippen LogP contribution is -2.41. The van der Waals surface area contributed by atoms with Crippen LogP contribution in [0.1, 0.15) is 31.1 Å². The zero-order valence-electron chi connectivity index (χ0n) is 13.1. The first-order chi connectivity index (χ1) is 10.0. The van der Waals surface area contributed by atoms with E-state index in [-0.39, 0.29) is 29.9 Å². The maximum absolute atomic E-state index is 11.9. The number of nitrogens with zero attached hydrogens (tertiary/aromatic N) is 1. The molecule has 5 nitrogen and oxygen atoms in total. The summed E-state index contributed by atoms with van der Waals surface area (Å²) < 4.78 is 0.892. The highest BCUT2D eigenvalue weighted by molar-refractivity contribution is 14.0. The number of rotatable bonds is 6. The highest BCUT2D eigenvalue weighted by atomic mass is 127. The van der Waals surface area contributed by atoms with Crippen molar-refractivity contribution in [2.75, 3.05) is 19.6 Å². The molecule has 0 radical (unpaired) electrons. The van der Waals surface area contributed by atoms with Crippen molar-refractivity contribution in [2.24, 2.45) is 4.99 Å². The van der Waals surface area contributed by atoms with Gasteiger partial charge in [0.1, 0.15) is 0 Å². The van der Waals surface area contributed by atoms with Gasteiger partial charge < -0.3 is 16.0 Å². The summed E-state index contributed by atoms with van der Waals surface area (Å²) in [7, 11) is 0. The highest BCUT2D eigenvalue weighted by Gasteiger charge is 2.04. The third-order valence-electron chi connectivity index (χ3n) is 2.52. The summed E-state index contributed by atoms with van der Waals surface area (Å²) in [5.41, 5.74) is 0.639. The number of aliphatic imine (C=N–C) groups is 1. The molecule has 0 saturated heterocycles. The Kier molecular flexibility index (Phi) is 11.3. The number of hydrogen-bond donors (Lipinski definition) is 3. The van der Waals surface area contributed by atoms with E-state index in [1.165, 1.54) is 0 Å². The Morgan fingerprint density at radius 3 is 2.64 bits per heavy atom. The Labute approximate surface area is 157 Å². The standard InChI is InChI=1S/C15H23BrN4O.HI/c1-4-17-15(20-11(2)3)19-9-8-18-14(21)12-6-5-7-13(16)10-12;/h5-7,10-11H,4,8-9H2,1-3H3,(H,18,21)(H2,17,19,20);1H. The van der Waals surface area contributed by atoms with Gasteiger partial charge in [-0.15, -0.1) is 24.0 Å². The Morgan fingerprint density at radius 1 is 1.32 bits per heavy atom. The molecular formula is C15H24BrIN4O. The molecule has 0 aromatic heterocycles. The molecule has 0 atom stereocenters. The molecule has 124 valence electrons. The van der Waals surface area contributed by atoms with Crippen molar-refractivity contribution in [3.63, 3.8) is 0 Å². The second kappa shape index (κ2) is 11.7. The molecule has 0 aliphatic rings. The van der Waals surface area contributed by atoms with Crippen LogP contribution < -0.4 is 16.0 Å². The fourth-order valence-electron chi connectivity index (χ4n) is 1.66. The van der Waals surface area contributed by atoms with E-state index >= 15 is 0 Å². The van der Waals surface area contributed by atoms with E-state index in [2.05, 4.69) is 50.7 Å². The lowest BCUT2D eigenvalue weighted by Gasteiger charge is -2.14. The summed E-state index contributed by atoms with van der Waals surface area (Å²) in [4.78, 5) is 16.3. The molecule has 0 aliphatic heterocycles. The van der Waals surface area contributed by atoms with Crippen molar-refractivity contribution in [2.45, 2.75) is 26.8 Å². The number of hydrogen-bond acceptors (Lipinski definition) is 2. The largest absolute Gasteiger partial charge is 0.357 e. The van der Waals surface area contributed by atoms with Crippen LogP contribution in [-0.2, 0) is 0 Å². The van der Waals surface area contributed by atoms with Crippen molar-refractivity contribution in [3.05, 3.63) is 34.3 Å². The maximum atomic E-state index is 11.9. The molecule has 0 spiro atoms. The topological polar surface area (TPSA) is 65.5 Å². The van der Waals surface area contributed by atoms with Crippen LogP contribution in [0, 0.1) is 0 Å². The minimum absolute atomic E-state index is 0.